The van der Waals surface area contributed by atoms with E-state index in [1.165, 1.54) is 31.2 Å². The van der Waals surface area contributed by atoms with E-state index in [1.807, 2.05) is 7.05 Å². The Labute approximate surface area is 176 Å². The Morgan fingerprint density at radius 1 is 1.03 bits per heavy atom. The lowest BCUT2D eigenvalue weighted by atomic mass is 9.74. The molecule has 162 valence electrons. The molecule has 0 aromatic heterocycles. The van der Waals surface area contributed by atoms with Crippen LogP contribution >= 0.6 is 0 Å². The zero-order valence-corrected chi connectivity index (χ0v) is 18.3. The second kappa shape index (κ2) is 11.0. The van der Waals surface area contributed by atoms with Crippen LogP contribution in [-0.2, 0) is 14.9 Å². The third-order valence-corrected chi connectivity index (χ3v) is 6.93. The Balaban J connectivity index is 1.58. The van der Waals surface area contributed by atoms with Crippen molar-refractivity contribution in [2.24, 2.45) is 10.4 Å². The molecular formula is C24H39N3O2. The minimum Gasteiger partial charge on any atom is -0.382 e. The van der Waals surface area contributed by atoms with Crippen LogP contribution in [0.25, 0.3) is 0 Å². The highest BCUT2D eigenvalue weighted by molar-refractivity contribution is 5.79. The Hall–Kier alpha value is -1.59. The van der Waals surface area contributed by atoms with Crippen molar-refractivity contribution in [2.75, 3.05) is 46.6 Å². The Morgan fingerprint density at radius 3 is 2.38 bits per heavy atom. The van der Waals surface area contributed by atoms with E-state index in [0.717, 1.165) is 64.7 Å². The van der Waals surface area contributed by atoms with Crippen molar-refractivity contribution in [3.05, 3.63) is 35.9 Å². The maximum Gasteiger partial charge on any atom is 0.191 e. The Bertz CT molecular complexity index is 620. The highest BCUT2D eigenvalue weighted by Crippen LogP contribution is 2.40. The second-order valence-corrected chi connectivity index (χ2v) is 8.69. The average Bonchev–Trinajstić information content (AvgIpc) is 3.24. The van der Waals surface area contributed by atoms with Gasteiger partial charge in [-0.25, -0.2) is 0 Å². The largest absolute Gasteiger partial charge is 0.382 e. The number of guanidine groups is 1. The number of hydrogen-bond acceptors (Lipinski definition) is 3. The fourth-order valence-electron chi connectivity index (χ4n) is 4.94. The number of rotatable bonds is 9. The summed E-state index contributed by atoms with van der Waals surface area (Å²) in [5.41, 5.74) is 1.86. The van der Waals surface area contributed by atoms with Gasteiger partial charge in [0.05, 0.1) is 0 Å². The van der Waals surface area contributed by atoms with Gasteiger partial charge in [0.25, 0.3) is 0 Å². The molecule has 1 aromatic rings. The Kier molecular flexibility index (Phi) is 8.37. The lowest BCUT2D eigenvalue weighted by Gasteiger charge is -2.38. The lowest BCUT2D eigenvalue weighted by Crippen LogP contribution is -2.49. The van der Waals surface area contributed by atoms with Crippen LogP contribution in [0.3, 0.4) is 0 Å². The van der Waals surface area contributed by atoms with E-state index in [1.54, 1.807) is 0 Å². The van der Waals surface area contributed by atoms with Crippen molar-refractivity contribution < 1.29 is 9.47 Å². The fraction of sp³-hybridized carbons (Fsp3) is 0.708. The number of hydrogen-bond donors (Lipinski definition) is 2. The summed E-state index contributed by atoms with van der Waals surface area (Å²) in [7, 11) is 1.87. The minimum atomic E-state index is 0.108. The molecule has 0 amide bonds. The molecule has 0 spiro atoms. The second-order valence-electron chi connectivity index (χ2n) is 8.69. The van der Waals surface area contributed by atoms with E-state index < -0.39 is 0 Å². The first-order valence-electron chi connectivity index (χ1n) is 11.4. The predicted octanol–water partition coefficient (Wildman–Crippen LogP) is 3.89. The number of ether oxygens (including phenoxy) is 2. The number of nitrogens with one attached hydrogen (secondary N) is 2. The predicted molar refractivity (Wildman–Crippen MR) is 120 cm³/mol. The van der Waals surface area contributed by atoms with Crippen molar-refractivity contribution in [2.45, 2.75) is 57.3 Å². The van der Waals surface area contributed by atoms with Gasteiger partial charge < -0.3 is 20.1 Å². The van der Waals surface area contributed by atoms with Gasteiger partial charge >= 0.3 is 0 Å². The molecular weight excluding hydrogens is 362 g/mol. The van der Waals surface area contributed by atoms with Gasteiger partial charge in [-0.3, -0.25) is 4.99 Å². The van der Waals surface area contributed by atoms with Crippen molar-refractivity contribution in [3.63, 3.8) is 0 Å². The summed E-state index contributed by atoms with van der Waals surface area (Å²) in [6.45, 7) is 7.24. The summed E-state index contributed by atoms with van der Waals surface area (Å²) in [5, 5.41) is 7.28. The third kappa shape index (κ3) is 5.95. The van der Waals surface area contributed by atoms with Gasteiger partial charge in [0, 0.05) is 52.0 Å². The van der Waals surface area contributed by atoms with Gasteiger partial charge in [-0.1, -0.05) is 43.2 Å². The minimum absolute atomic E-state index is 0.108. The van der Waals surface area contributed by atoms with Crippen molar-refractivity contribution in [1.82, 2.24) is 10.6 Å². The highest BCUT2D eigenvalue weighted by Gasteiger charge is 2.36. The molecule has 1 saturated carbocycles. The van der Waals surface area contributed by atoms with E-state index in [9.17, 15) is 0 Å². The molecule has 1 aromatic carbocycles. The molecule has 5 nitrogen and oxygen atoms in total. The smallest absolute Gasteiger partial charge is 0.191 e. The number of nitrogens with zero attached hydrogens (tertiary/aromatic N) is 1. The zero-order chi connectivity index (χ0) is 20.4. The molecule has 1 aliphatic heterocycles. The SMILES string of the molecule is CCOCCC1(CNC(=NC)NCC2(c3ccccc3)CCOCC2)CCCC1. The van der Waals surface area contributed by atoms with Gasteiger partial charge in [0.15, 0.2) is 5.96 Å². The van der Waals surface area contributed by atoms with Crippen LogP contribution in [0.5, 0.6) is 0 Å². The zero-order valence-electron chi connectivity index (χ0n) is 18.3. The molecule has 0 unspecified atom stereocenters. The van der Waals surface area contributed by atoms with E-state index >= 15 is 0 Å². The first-order valence-corrected chi connectivity index (χ1v) is 11.4. The summed E-state index contributed by atoms with van der Waals surface area (Å²) in [6, 6.07) is 10.9. The molecule has 29 heavy (non-hydrogen) atoms. The molecule has 0 atom stereocenters. The maximum absolute atomic E-state index is 5.67. The van der Waals surface area contributed by atoms with E-state index in [0.29, 0.717) is 5.41 Å². The molecule has 1 saturated heterocycles. The topological polar surface area (TPSA) is 54.9 Å². The van der Waals surface area contributed by atoms with Crippen molar-refractivity contribution in [3.8, 4) is 0 Å². The molecule has 1 heterocycles. The van der Waals surface area contributed by atoms with Crippen molar-refractivity contribution >= 4 is 5.96 Å². The van der Waals surface area contributed by atoms with Crippen LogP contribution in [0.2, 0.25) is 0 Å². The summed E-state index contributed by atoms with van der Waals surface area (Å²) < 4.78 is 11.3. The van der Waals surface area contributed by atoms with E-state index in [-0.39, 0.29) is 5.41 Å². The molecule has 1 aliphatic carbocycles. The molecule has 2 N–H and O–H groups in total. The van der Waals surface area contributed by atoms with Gasteiger partial charge in [-0.2, -0.15) is 0 Å². The average molecular weight is 402 g/mol. The van der Waals surface area contributed by atoms with Crippen LogP contribution in [0.15, 0.2) is 35.3 Å². The standard InChI is InChI=1S/C24H39N3O2/c1-3-28-16-13-23(11-7-8-12-23)19-26-22(25-2)27-20-24(14-17-29-18-15-24)21-9-5-4-6-10-21/h4-6,9-10H,3,7-8,11-20H2,1-2H3,(H2,25,26,27). The monoisotopic (exact) mass is 401 g/mol. The number of benzene rings is 1. The third-order valence-electron chi connectivity index (χ3n) is 6.93. The molecule has 0 radical (unpaired) electrons. The molecule has 5 heteroatoms. The van der Waals surface area contributed by atoms with Gasteiger partial charge in [0.2, 0.25) is 0 Å². The highest BCUT2D eigenvalue weighted by atomic mass is 16.5. The van der Waals surface area contributed by atoms with Gasteiger partial charge in [-0.05, 0) is 50.0 Å². The molecule has 2 fully saturated rings. The summed E-state index contributed by atoms with van der Waals surface area (Å²) in [5.74, 6) is 0.912. The number of aliphatic imine (C=N–C) groups is 1. The van der Waals surface area contributed by atoms with Crippen LogP contribution in [0.1, 0.15) is 57.4 Å². The van der Waals surface area contributed by atoms with Crippen LogP contribution in [0, 0.1) is 5.41 Å². The summed E-state index contributed by atoms with van der Waals surface area (Å²) in [4.78, 5) is 4.52. The normalized spacial score (nSPS) is 21.1. The van der Waals surface area contributed by atoms with Crippen LogP contribution in [0.4, 0.5) is 0 Å². The summed E-state index contributed by atoms with van der Waals surface area (Å²) in [6.07, 6.45) is 8.45. The van der Waals surface area contributed by atoms with Gasteiger partial charge in [-0.15, -0.1) is 0 Å². The van der Waals surface area contributed by atoms with Crippen LogP contribution in [-0.4, -0.2) is 52.5 Å². The van der Waals surface area contributed by atoms with Gasteiger partial charge in [0.1, 0.15) is 0 Å². The fourth-order valence-corrected chi connectivity index (χ4v) is 4.94. The Morgan fingerprint density at radius 2 is 1.72 bits per heavy atom. The molecule has 2 aliphatic rings. The van der Waals surface area contributed by atoms with Crippen LogP contribution < -0.4 is 10.6 Å². The molecule has 0 bridgehead atoms. The first-order chi connectivity index (χ1) is 14.2. The lowest BCUT2D eigenvalue weighted by molar-refractivity contribution is 0.0513. The van der Waals surface area contributed by atoms with E-state index in [4.69, 9.17) is 9.47 Å². The maximum atomic E-state index is 5.67. The van der Waals surface area contributed by atoms with E-state index in [2.05, 4.69) is 52.9 Å². The molecule has 3 rings (SSSR count). The quantitative estimate of drug-likeness (QED) is 0.374. The first kappa shape index (κ1) is 22.1. The summed E-state index contributed by atoms with van der Waals surface area (Å²) >= 11 is 0. The van der Waals surface area contributed by atoms with Crippen molar-refractivity contribution in [1.29, 1.82) is 0 Å².